The van der Waals surface area contributed by atoms with Gasteiger partial charge in [0.2, 0.25) is 0 Å². The molecule has 0 N–H and O–H groups in total. The fraction of sp³-hybridized carbons (Fsp3) is 0.213. The van der Waals surface area contributed by atoms with Crippen molar-refractivity contribution in [2.75, 3.05) is 26.4 Å². The molecule has 2 heterocycles. The van der Waals surface area contributed by atoms with Crippen molar-refractivity contribution in [2.24, 2.45) is 0 Å². The summed E-state index contributed by atoms with van der Waals surface area (Å²) < 4.78 is 21.8. The number of carbonyl (C=O) groups excluding carboxylic acids is 1. The van der Waals surface area contributed by atoms with E-state index in [0.717, 1.165) is 73.8 Å². The number of carbonyl (C=O) groups is 1. The molecule has 0 atom stereocenters. The molecule has 56 heavy (non-hydrogen) atoms. The third-order valence-electron chi connectivity index (χ3n) is 7.67. The van der Waals surface area contributed by atoms with Gasteiger partial charge >= 0.3 is 20.1 Å². The van der Waals surface area contributed by atoms with Gasteiger partial charge < -0.3 is 34.0 Å². The van der Waals surface area contributed by atoms with Gasteiger partial charge in [0.1, 0.15) is 11.5 Å². The van der Waals surface area contributed by atoms with Crippen LogP contribution in [0.2, 0.25) is 0 Å². The van der Waals surface area contributed by atoms with Crippen LogP contribution < -0.4 is 24.1 Å². The summed E-state index contributed by atoms with van der Waals surface area (Å²) in [6, 6.07) is 42.2. The Morgan fingerprint density at radius 1 is 0.536 bits per heavy atom. The Kier molecular flexibility index (Phi) is 19.0. The minimum absolute atomic E-state index is 0. The molecule has 0 aliphatic rings. The van der Waals surface area contributed by atoms with E-state index in [1.807, 2.05) is 137 Å². The second-order valence-electron chi connectivity index (χ2n) is 11.9. The molecular weight excluding hydrogens is 881 g/mol. The molecule has 0 saturated carbocycles. The standard InChI is InChI=1S/2C21H20NO2.C5H8O2.Ir/c2*1-3-23-19-10-5-16(6-11-19)18-9-14-21(22-15-18)17-7-12-20(13-8-17)24-4-2;1-4(6)3-5(2)7;/h2*5-7,9-15H,3-4H2,1-2H3;3,6H,1-2H3;/q2*-1;;+3/p-1/b;;4-3-;. The predicted octanol–water partition coefficient (Wildman–Crippen LogP) is 9.86. The first-order valence-corrected chi connectivity index (χ1v) is 18.3. The van der Waals surface area contributed by atoms with Crippen molar-refractivity contribution in [1.82, 2.24) is 9.97 Å². The maximum atomic E-state index is 9.98. The van der Waals surface area contributed by atoms with Crippen LogP contribution in [0.1, 0.15) is 41.5 Å². The third-order valence-corrected chi connectivity index (χ3v) is 7.67. The van der Waals surface area contributed by atoms with Crippen molar-refractivity contribution in [3.63, 3.8) is 0 Å². The van der Waals surface area contributed by atoms with E-state index in [1.54, 1.807) is 0 Å². The minimum Gasteiger partial charge on any atom is -0.876 e. The third kappa shape index (κ3) is 14.5. The zero-order chi connectivity index (χ0) is 39.4. The number of ketones is 1. The van der Waals surface area contributed by atoms with Crippen LogP contribution in [-0.4, -0.2) is 42.2 Å². The van der Waals surface area contributed by atoms with Crippen LogP contribution in [0, 0.1) is 12.1 Å². The molecule has 9 heteroatoms. The van der Waals surface area contributed by atoms with Gasteiger partial charge in [0.25, 0.3) is 0 Å². The average molecular weight is 928 g/mol. The molecule has 0 bridgehead atoms. The molecule has 0 spiro atoms. The van der Waals surface area contributed by atoms with E-state index in [9.17, 15) is 9.90 Å². The molecule has 0 fully saturated rings. The van der Waals surface area contributed by atoms with E-state index in [-0.39, 0.29) is 31.6 Å². The molecule has 0 amide bonds. The fourth-order valence-corrected chi connectivity index (χ4v) is 5.21. The van der Waals surface area contributed by atoms with Crippen molar-refractivity contribution < 1.29 is 49.0 Å². The number of allylic oxidation sites excluding steroid dienone is 2. The number of hydrogen-bond acceptors (Lipinski definition) is 8. The molecule has 0 saturated heterocycles. The number of pyridine rings is 2. The van der Waals surface area contributed by atoms with E-state index < -0.39 is 0 Å². The molecule has 6 aromatic rings. The zero-order valence-electron chi connectivity index (χ0n) is 32.6. The normalized spacial score (nSPS) is 10.4. The van der Waals surface area contributed by atoms with Crippen LogP contribution in [0.4, 0.5) is 0 Å². The quantitative estimate of drug-likeness (QED) is 0.0641. The Bertz CT molecular complexity index is 1770. The summed E-state index contributed by atoms with van der Waals surface area (Å²) in [5, 5.41) is 9.98. The van der Waals surface area contributed by atoms with Gasteiger partial charge in [-0.05, 0) is 98.6 Å². The maximum absolute atomic E-state index is 9.98. The molecular formula is C47H47IrN2O6. The summed E-state index contributed by atoms with van der Waals surface area (Å²) in [5.41, 5.74) is 8.09. The maximum Gasteiger partial charge on any atom is 3.00 e. The average Bonchev–Trinajstić information content (AvgIpc) is 3.20. The largest absolute Gasteiger partial charge is 3.00 e. The van der Waals surface area contributed by atoms with Gasteiger partial charge in [-0.15, -0.1) is 65.4 Å². The van der Waals surface area contributed by atoms with Crippen LogP contribution in [-0.2, 0) is 24.9 Å². The van der Waals surface area contributed by atoms with Gasteiger partial charge in [0.05, 0.1) is 26.4 Å². The molecule has 0 radical (unpaired) electrons. The number of nitrogens with zero attached hydrogens (tertiary/aromatic N) is 2. The molecule has 8 nitrogen and oxygen atoms in total. The van der Waals surface area contributed by atoms with Crippen LogP contribution in [0.15, 0.2) is 133 Å². The number of rotatable bonds is 13. The first-order valence-electron chi connectivity index (χ1n) is 18.3. The number of hydrogen-bond donors (Lipinski definition) is 0. The Morgan fingerprint density at radius 3 is 1.12 bits per heavy atom. The van der Waals surface area contributed by atoms with Crippen molar-refractivity contribution in [2.45, 2.75) is 41.5 Å². The van der Waals surface area contributed by atoms with Crippen LogP contribution in [0.25, 0.3) is 44.8 Å². The summed E-state index contributed by atoms with van der Waals surface area (Å²) >= 11 is 0. The summed E-state index contributed by atoms with van der Waals surface area (Å²) in [6.45, 7) is 13.3. The van der Waals surface area contributed by atoms with E-state index in [0.29, 0.717) is 26.4 Å². The molecule has 0 unspecified atom stereocenters. The predicted molar refractivity (Wildman–Crippen MR) is 217 cm³/mol. The van der Waals surface area contributed by atoms with Gasteiger partial charge in [-0.25, -0.2) is 0 Å². The molecule has 6 rings (SSSR count). The topological polar surface area (TPSA) is 103 Å². The summed E-state index contributed by atoms with van der Waals surface area (Å²) in [7, 11) is 0. The number of ether oxygens (including phenoxy) is 4. The van der Waals surface area contributed by atoms with Gasteiger partial charge in [-0.1, -0.05) is 55.5 Å². The first kappa shape index (κ1) is 44.6. The second-order valence-corrected chi connectivity index (χ2v) is 11.9. The Labute approximate surface area is 344 Å². The van der Waals surface area contributed by atoms with Crippen LogP contribution in [0.3, 0.4) is 0 Å². The first-order chi connectivity index (χ1) is 26.7. The molecule has 4 aromatic carbocycles. The summed E-state index contributed by atoms with van der Waals surface area (Å²) in [6.07, 6.45) is 4.82. The Morgan fingerprint density at radius 2 is 0.875 bits per heavy atom. The molecule has 0 aliphatic heterocycles. The zero-order valence-corrected chi connectivity index (χ0v) is 35.0. The van der Waals surface area contributed by atoms with E-state index in [2.05, 4.69) is 34.2 Å². The Balaban J connectivity index is 0.000000253. The van der Waals surface area contributed by atoms with Gasteiger partial charge in [-0.3, -0.25) is 4.79 Å². The monoisotopic (exact) mass is 928 g/mol. The molecule has 2 aromatic heterocycles. The van der Waals surface area contributed by atoms with Gasteiger partial charge in [-0.2, -0.15) is 0 Å². The SMILES string of the molecule is CC(=O)/C=C(/C)[O-].CCOc1c[c-]c(-c2ccc(-c3ccc(OCC)cc3)cn2)cc1.CCOc1c[c-]c(-c2ccc(-c3ccc(OCC)cc3)cn2)cc1.[Ir+3]. The van der Waals surface area contributed by atoms with Crippen molar-refractivity contribution in [3.05, 3.63) is 146 Å². The number of aromatic nitrogens is 2. The number of benzene rings is 4. The second kappa shape index (κ2) is 23.9. The van der Waals surface area contributed by atoms with E-state index >= 15 is 0 Å². The molecule has 290 valence electrons. The fourth-order valence-electron chi connectivity index (χ4n) is 5.21. The molecule has 0 aliphatic carbocycles. The smallest absolute Gasteiger partial charge is 0.876 e. The van der Waals surface area contributed by atoms with Crippen molar-refractivity contribution >= 4 is 5.78 Å². The van der Waals surface area contributed by atoms with Crippen molar-refractivity contribution in [1.29, 1.82) is 0 Å². The van der Waals surface area contributed by atoms with Crippen LogP contribution in [0.5, 0.6) is 23.0 Å². The van der Waals surface area contributed by atoms with Crippen molar-refractivity contribution in [3.8, 4) is 67.8 Å². The summed E-state index contributed by atoms with van der Waals surface area (Å²) in [5.74, 6) is 3.05. The van der Waals surface area contributed by atoms with Gasteiger partial charge in [0.15, 0.2) is 5.78 Å². The summed E-state index contributed by atoms with van der Waals surface area (Å²) in [4.78, 5) is 19.1. The van der Waals surface area contributed by atoms with Crippen LogP contribution >= 0.6 is 0 Å². The Hall–Kier alpha value is -5.76. The van der Waals surface area contributed by atoms with E-state index in [4.69, 9.17) is 18.9 Å². The van der Waals surface area contributed by atoms with Gasteiger partial charge in [0, 0.05) is 23.9 Å². The van der Waals surface area contributed by atoms with E-state index in [1.165, 1.54) is 13.8 Å². The minimum atomic E-state index is -0.187.